The molecular formula is C35H38F2N2O4S. The third-order valence-electron chi connectivity index (χ3n) is 8.24. The topological polar surface area (TPSA) is 75.7 Å². The molecule has 0 bridgehead atoms. The van der Waals surface area contributed by atoms with Crippen LogP contribution >= 0.6 is 0 Å². The zero-order valence-electron chi connectivity index (χ0n) is 25.3. The molecule has 1 amide bonds. The largest absolute Gasteiger partial charge is 0.491 e. The van der Waals surface area contributed by atoms with Crippen LogP contribution in [0, 0.1) is 0 Å². The molecule has 1 fully saturated rings. The summed E-state index contributed by atoms with van der Waals surface area (Å²) in [7, 11) is -4.55. The standard InChI is InChI=1S/C35H38F2N2O4S/c1-5-30-18-11-24(4)39(30)34(40)33(35(36,37)29-16-12-26(13-17-29)25-9-7-6-8-10-25)38-44(41,42)32-20-15-27-21-31(43-23(2)3)19-14-28(27)22-32/h6-10,12-17,19-24,30,33,38H,5,11,18H2,1-4H3. The van der Waals surface area contributed by atoms with Gasteiger partial charge in [-0.3, -0.25) is 4.79 Å². The number of benzene rings is 4. The van der Waals surface area contributed by atoms with Crippen LogP contribution in [0.5, 0.6) is 5.75 Å². The van der Waals surface area contributed by atoms with Gasteiger partial charge < -0.3 is 9.64 Å². The SMILES string of the molecule is CCC1CCC(C)N1C(=O)C(NS(=O)(=O)c1ccc2cc(OC(C)C)ccc2c1)C(F)(F)c1ccc(-c2ccccc2)cc1. The number of amides is 1. The number of hydrogen-bond donors (Lipinski definition) is 1. The zero-order chi connectivity index (χ0) is 31.6. The van der Waals surface area contributed by atoms with Crippen molar-refractivity contribution in [2.24, 2.45) is 0 Å². The first-order chi connectivity index (χ1) is 20.9. The van der Waals surface area contributed by atoms with Crippen molar-refractivity contribution in [1.29, 1.82) is 0 Å². The van der Waals surface area contributed by atoms with Crippen molar-refractivity contribution in [2.45, 2.75) is 82.0 Å². The molecule has 1 heterocycles. The fourth-order valence-corrected chi connectivity index (χ4v) is 7.14. The minimum Gasteiger partial charge on any atom is -0.491 e. The normalized spacial score (nSPS) is 18.1. The van der Waals surface area contributed by atoms with Crippen LogP contribution in [0.4, 0.5) is 8.78 Å². The summed E-state index contributed by atoms with van der Waals surface area (Å²) in [4.78, 5) is 15.2. The molecule has 4 aromatic carbocycles. The third-order valence-corrected chi connectivity index (χ3v) is 9.66. The molecule has 1 N–H and O–H groups in total. The van der Waals surface area contributed by atoms with Gasteiger partial charge >= 0.3 is 0 Å². The van der Waals surface area contributed by atoms with E-state index in [-0.39, 0.29) is 23.1 Å². The summed E-state index contributed by atoms with van der Waals surface area (Å²) in [5, 5.41) is 1.32. The molecule has 6 nitrogen and oxygen atoms in total. The summed E-state index contributed by atoms with van der Waals surface area (Å²) >= 11 is 0. The average molecular weight is 621 g/mol. The molecular weight excluding hydrogens is 582 g/mol. The van der Waals surface area contributed by atoms with Gasteiger partial charge in [-0.2, -0.15) is 13.5 Å². The molecule has 4 aromatic rings. The number of nitrogens with one attached hydrogen (secondary N) is 1. The summed E-state index contributed by atoms with van der Waals surface area (Å²) in [5.41, 5.74) is 1.13. The van der Waals surface area contributed by atoms with Gasteiger partial charge in [-0.1, -0.05) is 73.7 Å². The highest BCUT2D eigenvalue weighted by atomic mass is 32.2. The Balaban J connectivity index is 1.51. The van der Waals surface area contributed by atoms with E-state index >= 15 is 8.78 Å². The van der Waals surface area contributed by atoms with Gasteiger partial charge in [-0.05, 0) is 86.2 Å². The maximum atomic E-state index is 16.5. The number of rotatable bonds is 10. The predicted molar refractivity (Wildman–Crippen MR) is 169 cm³/mol. The number of likely N-dealkylation sites (tertiary alicyclic amines) is 1. The van der Waals surface area contributed by atoms with Crippen LogP contribution in [0.15, 0.2) is 95.9 Å². The molecule has 3 atom stereocenters. The second kappa shape index (κ2) is 12.7. The smallest absolute Gasteiger partial charge is 0.298 e. The molecule has 9 heteroatoms. The van der Waals surface area contributed by atoms with E-state index < -0.39 is 33.5 Å². The number of alkyl halides is 2. The fourth-order valence-electron chi connectivity index (χ4n) is 5.92. The molecule has 0 radical (unpaired) electrons. The van der Waals surface area contributed by atoms with Crippen LogP contribution in [0.1, 0.15) is 52.5 Å². The molecule has 0 aromatic heterocycles. The molecule has 1 aliphatic rings. The van der Waals surface area contributed by atoms with Crippen LogP contribution < -0.4 is 9.46 Å². The van der Waals surface area contributed by atoms with Crippen LogP contribution in [0.3, 0.4) is 0 Å². The molecule has 232 valence electrons. The number of carbonyl (C=O) groups excluding carboxylic acids is 1. The van der Waals surface area contributed by atoms with Crippen LogP contribution in [-0.4, -0.2) is 43.5 Å². The van der Waals surface area contributed by atoms with Crippen LogP contribution in [0.2, 0.25) is 0 Å². The van der Waals surface area contributed by atoms with E-state index in [9.17, 15) is 13.2 Å². The first-order valence-corrected chi connectivity index (χ1v) is 16.5. The number of carbonyl (C=O) groups is 1. The van der Waals surface area contributed by atoms with E-state index in [0.717, 1.165) is 16.5 Å². The maximum Gasteiger partial charge on any atom is 0.298 e. The number of sulfonamides is 1. The Morgan fingerprint density at radius 3 is 2.23 bits per heavy atom. The van der Waals surface area contributed by atoms with E-state index in [4.69, 9.17) is 4.74 Å². The Morgan fingerprint density at radius 2 is 1.57 bits per heavy atom. The molecule has 1 saturated heterocycles. The number of ether oxygens (including phenoxy) is 1. The van der Waals surface area contributed by atoms with Crippen molar-refractivity contribution in [3.05, 3.63) is 96.6 Å². The monoisotopic (exact) mass is 620 g/mol. The van der Waals surface area contributed by atoms with Gasteiger partial charge in [0.2, 0.25) is 15.9 Å². The Bertz CT molecular complexity index is 1730. The van der Waals surface area contributed by atoms with Gasteiger partial charge in [-0.15, -0.1) is 0 Å². The molecule has 0 saturated carbocycles. The Hall–Kier alpha value is -3.82. The van der Waals surface area contributed by atoms with E-state index in [1.54, 1.807) is 36.4 Å². The molecule has 1 aliphatic heterocycles. The molecule has 3 unspecified atom stereocenters. The minimum atomic E-state index is -4.55. The Morgan fingerprint density at radius 1 is 0.932 bits per heavy atom. The summed E-state index contributed by atoms with van der Waals surface area (Å²) in [6.07, 6.45) is 1.88. The van der Waals surface area contributed by atoms with Gasteiger partial charge in [0.15, 0.2) is 6.04 Å². The fraction of sp³-hybridized carbons (Fsp3) is 0.343. The average Bonchev–Trinajstić information content (AvgIpc) is 3.39. The molecule has 0 spiro atoms. The Kier molecular flexibility index (Phi) is 9.09. The van der Waals surface area contributed by atoms with Crippen molar-refractivity contribution in [2.75, 3.05) is 0 Å². The summed E-state index contributed by atoms with van der Waals surface area (Å²) in [6.45, 7) is 7.52. The van der Waals surface area contributed by atoms with Crippen molar-refractivity contribution in [3.63, 3.8) is 0 Å². The van der Waals surface area contributed by atoms with Gasteiger partial charge in [0, 0.05) is 17.6 Å². The lowest BCUT2D eigenvalue weighted by atomic mass is 9.97. The highest BCUT2D eigenvalue weighted by Crippen LogP contribution is 2.37. The van der Waals surface area contributed by atoms with Gasteiger partial charge in [0.05, 0.1) is 11.0 Å². The summed E-state index contributed by atoms with van der Waals surface area (Å²) in [5.74, 6) is -4.14. The van der Waals surface area contributed by atoms with E-state index in [2.05, 4.69) is 4.72 Å². The lowest BCUT2D eigenvalue weighted by Crippen LogP contribution is -2.58. The van der Waals surface area contributed by atoms with Crippen molar-refractivity contribution < 1.29 is 26.7 Å². The van der Waals surface area contributed by atoms with Crippen molar-refractivity contribution in [3.8, 4) is 16.9 Å². The highest BCUT2D eigenvalue weighted by Gasteiger charge is 2.51. The first kappa shape index (κ1) is 31.6. The zero-order valence-corrected chi connectivity index (χ0v) is 26.2. The first-order valence-electron chi connectivity index (χ1n) is 15.0. The highest BCUT2D eigenvalue weighted by molar-refractivity contribution is 7.89. The molecule has 0 aliphatic carbocycles. The van der Waals surface area contributed by atoms with Crippen LogP contribution in [0.25, 0.3) is 21.9 Å². The maximum absolute atomic E-state index is 16.5. The van der Waals surface area contributed by atoms with Gasteiger partial charge in [-0.25, -0.2) is 8.42 Å². The van der Waals surface area contributed by atoms with Crippen molar-refractivity contribution >= 4 is 26.7 Å². The van der Waals surface area contributed by atoms with E-state index in [0.29, 0.717) is 30.4 Å². The lowest BCUT2D eigenvalue weighted by molar-refractivity contribution is -0.147. The Labute approximate surface area is 258 Å². The van der Waals surface area contributed by atoms with Gasteiger partial charge in [0.25, 0.3) is 5.92 Å². The second-order valence-electron chi connectivity index (χ2n) is 11.7. The summed E-state index contributed by atoms with van der Waals surface area (Å²) in [6, 6.07) is 21.7. The quantitative estimate of drug-likeness (QED) is 0.199. The number of halogens is 2. The lowest BCUT2D eigenvalue weighted by Gasteiger charge is -2.35. The minimum absolute atomic E-state index is 0.0346. The number of fused-ring (bicyclic) bond motifs is 1. The van der Waals surface area contributed by atoms with Crippen molar-refractivity contribution in [1.82, 2.24) is 9.62 Å². The second-order valence-corrected chi connectivity index (χ2v) is 13.4. The number of nitrogens with zero attached hydrogens (tertiary/aromatic N) is 1. The van der Waals surface area contributed by atoms with Crippen LogP contribution in [-0.2, 0) is 20.7 Å². The predicted octanol–water partition coefficient (Wildman–Crippen LogP) is 7.52. The molecule has 44 heavy (non-hydrogen) atoms. The van der Waals surface area contributed by atoms with Gasteiger partial charge in [0.1, 0.15) is 5.75 Å². The van der Waals surface area contributed by atoms with E-state index in [1.807, 2.05) is 58.0 Å². The third kappa shape index (κ3) is 6.49. The summed E-state index contributed by atoms with van der Waals surface area (Å²) < 4.78 is 68.3. The van der Waals surface area contributed by atoms with E-state index in [1.165, 1.54) is 29.2 Å². The number of hydrogen-bond acceptors (Lipinski definition) is 4. The molecule has 5 rings (SSSR count).